The number of benzene rings is 1. The smallest absolute Gasteiger partial charge is 0.325 e. The van der Waals surface area contributed by atoms with Crippen LogP contribution in [0.25, 0.3) is 10.9 Å². The fourth-order valence-corrected chi connectivity index (χ4v) is 4.19. The molecule has 158 valence electrons. The molecule has 2 fully saturated rings. The van der Waals surface area contributed by atoms with E-state index in [1.54, 1.807) is 6.20 Å². The predicted octanol–water partition coefficient (Wildman–Crippen LogP) is 2.37. The molecule has 8 heteroatoms. The Morgan fingerprint density at radius 2 is 1.97 bits per heavy atom. The molecular weight excluding hydrogens is 384 g/mol. The molecule has 4 rings (SSSR count). The minimum atomic E-state index is -0.796. The molecule has 2 N–H and O–H groups in total. The highest BCUT2D eigenvalue weighted by Gasteiger charge is 2.51. The zero-order valence-corrected chi connectivity index (χ0v) is 16.9. The van der Waals surface area contributed by atoms with Crippen LogP contribution < -0.4 is 15.4 Å². The number of carbonyl (C=O) groups is 3. The van der Waals surface area contributed by atoms with Crippen LogP contribution in [-0.4, -0.2) is 53.0 Å². The van der Waals surface area contributed by atoms with Crippen molar-refractivity contribution in [2.75, 3.05) is 19.7 Å². The van der Waals surface area contributed by atoms with Crippen molar-refractivity contribution >= 4 is 28.7 Å². The first-order valence-corrected chi connectivity index (χ1v) is 10.5. The molecule has 1 spiro atoms. The quantitative estimate of drug-likeness (QED) is 0.539. The van der Waals surface area contributed by atoms with Crippen LogP contribution in [0.1, 0.15) is 38.5 Å². The Bertz CT molecular complexity index is 950. The van der Waals surface area contributed by atoms with E-state index in [1.165, 1.54) is 0 Å². The minimum Gasteiger partial charge on any atom is -0.491 e. The number of rotatable bonds is 7. The molecule has 2 aliphatic rings. The van der Waals surface area contributed by atoms with Crippen LogP contribution >= 0.6 is 0 Å². The van der Waals surface area contributed by atoms with E-state index >= 15 is 0 Å². The van der Waals surface area contributed by atoms with Crippen molar-refractivity contribution in [2.45, 2.75) is 44.1 Å². The van der Waals surface area contributed by atoms with Gasteiger partial charge in [0.25, 0.3) is 5.91 Å². The Morgan fingerprint density at radius 3 is 2.80 bits per heavy atom. The van der Waals surface area contributed by atoms with E-state index in [1.807, 2.05) is 30.3 Å². The lowest BCUT2D eigenvalue weighted by Gasteiger charge is -2.30. The van der Waals surface area contributed by atoms with Gasteiger partial charge in [-0.15, -0.1) is 0 Å². The number of aromatic nitrogens is 1. The first-order valence-electron chi connectivity index (χ1n) is 10.5. The van der Waals surface area contributed by atoms with Crippen LogP contribution in [0.4, 0.5) is 4.79 Å². The van der Waals surface area contributed by atoms with Crippen molar-refractivity contribution in [3.63, 3.8) is 0 Å². The molecule has 1 aromatic carbocycles. The fourth-order valence-electron chi connectivity index (χ4n) is 4.19. The number of amides is 4. The van der Waals surface area contributed by atoms with Gasteiger partial charge in [-0.05, 0) is 31.4 Å². The number of imide groups is 1. The SMILES string of the molecule is O=C(CN1C(=O)NC2(CCCCC2)C1=O)NCCCOc1cccc2cccnc12. The van der Waals surface area contributed by atoms with Crippen LogP contribution in [0.3, 0.4) is 0 Å². The second kappa shape index (κ2) is 8.69. The standard InChI is InChI=1S/C22H26N4O4/c27-18(15-26-20(28)22(25-21(26)29)10-2-1-3-11-22)23-13-6-14-30-17-9-4-7-16-8-5-12-24-19(16)17/h4-5,7-9,12H,1-3,6,10-11,13-15H2,(H,23,27)(H,25,29). The number of urea groups is 1. The largest absolute Gasteiger partial charge is 0.491 e. The van der Waals surface area contributed by atoms with Gasteiger partial charge < -0.3 is 15.4 Å². The number of nitrogens with one attached hydrogen (secondary N) is 2. The average molecular weight is 410 g/mol. The number of fused-ring (bicyclic) bond motifs is 1. The van der Waals surface area contributed by atoms with Gasteiger partial charge in [-0.3, -0.25) is 19.5 Å². The number of ether oxygens (including phenoxy) is 1. The van der Waals surface area contributed by atoms with Gasteiger partial charge in [-0.2, -0.15) is 0 Å². The molecule has 1 saturated carbocycles. The number of nitrogens with zero attached hydrogens (tertiary/aromatic N) is 2. The van der Waals surface area contributed by atoms with E-state index in [2.05, 4.69) is 15.6 Å². The summed E-state index contributed by atoms with van der Waals surface area (Å²) < 4.78 is 5.80. The maximum atomic E-state index is 12.7. The van der Waals surface area contributed by atoms with E-state index in [0.29, 0.717) is 38.2 Å². The summed E-state index contributed by atoms with van der Waals surface area (Å²) in [4.78, 5) is 42.5. The van der Waals surface area contributed by atoms with Gasteiger partial charge in [0, 0.05) is 18.1 Å². The summed E-state index contributed by atoms with van der Waals surface area (Å²) in [5, 5.41) is 6.58. The van der Waals surface area contributed by atoms with Crippen molar-refractivity contribution in [3.05, 3.63) is 36.5 Å². The Hall–Kier alpha value is -3.16. The number of para-hydroxylation sites is 1. The summed E-state index contributed by atoms with van der Waals surface area (Å²) in [6.07, 6.45) is 6.52. The fraction of sp³-hybridized carbons (Fsp3) is 0.455. The molecule has 0 unspecified atom stereocenters. The highest BCUT2D eigenvalue weighted by atomic mass is 16.5. The van der Waals surface area contributed by atoms with Crippen molar-refractivity contribution in [1.29, 1.82) is 0 Å². The highest BCUT2D eigenvalue weighted by molar-refractivity contribution is 6.09. The number of hydrogen-bond acceptors (Lipinski definition) is 5. The van der Waals surface area contributed by atoms with Crippen molar-refractivity contribution in [3.8, 4) is 5.75 Å². The summed E-state index contributed by atoms with van der Waals surface area (Å²) >= 11 is 0. The molecule has 2 aromatic rings. The molecule has 8 nitrogen and oxygen atoms in total. The zero-order chi connectivity index (χ0) is 21.0. The normalized spacial score (nSPS) is 17.9. The molecule has 0 bridgehead atoms. The predicted molar refractivity (Wildman–Crippen MR) is 111 cm³/mol. The zero-order valence-electron chi connectivity index (χ0n) is 16.9. The van der Waals surface area contributed by atoms with Gasteiger partial charge in [0.1, 0.15) is 23.3 Å². The van der Waals surface area contributed by atoms with Crippen molar-refractivity contribution in [1.82, 2.24) is 20.5 Å². The van der Waals surface area contributed by atoms with E-state index in [9.17, 15) is 14.4 Å². The first-order chi connectivity index (χ1) is 14.6. The van der Waals surface area contributed by atoms with Gasteiger partial charge in [0.05, 0.1) is 6.61 Å². The average Bonchev–Trinajstić information content (AvgIpc) is 2.98. The summed E-state index contributed by atoms with van der Waals surface area (Å²) in [5.74, 6) is 0.0869. The lowest BCUT2D eigenvalue weighted by atomic mass is 9.82. The van der Waals surface area contributed by atoms with E-state index in [0.717, 1.165) is 35.1 Å². The molecular formula is C22H26N4O4. The summed E-state index contributed by atoms with van der Waals surface area (Å²) in [5.41, 5.74) is 0.00916. The van der Waals surface area contributed by atoms with Crippen molar-refractivity contribution < 1.29 is 19.1 Å². The van der Waals surface area contributed by atoms with E-state index < -0.39 is 11.6 Å². The summed E-state index contributed by atoms with van der Waals surface area (Å²) in [6.45, 7) is 0.564. The maximum Gasteiger partial charge on any atom is 0.325 e. The molecule has 1 aliphatic carbocycles. The maximum absolute atomic E-state index is 12.7. The second-order valence-corrected chi connectivity index (χ2v) is 7.85. The third kappa shape index (κ3) is 4.08. The Morgan fingerprint density at radius 1 is 1.17 bits per heavy atom. The van der Waals surface area contributed by atoms with Gasteiger partial charge in [0.15, 0.2) is 0 Å². The van der Waals surface area contributed by atoms with Gasteiger partial charge >= 0.3 is 6.03 Å². The number of pyridine rings is 1. The summed E-state index contributed by atoms with van der Waals surface area (Å²) in [6, 6.07) is 9.14. The Labute approximate surface area is 175 Å². The van der Waals surface area contributed by atoms with Gasteiger partial charge in [-0.1, -0.05) is 37.5 Å². The van der Waals surface area contributed by atoms with Gasteiger partial charge in [-0.25, -0.2) is 4.79 Å². The third-order valence-electron chi connectivity index (χ3n) is 5.75. The molecule has 4 amide bonds. The van der Waals surface area contributed by atoms with Gasteiger partial charge in [0.2, 0.25) is 5.91 Å². The van der Waals surface area contributed by atoms with Crippen LogP contribution in [0.5, 0.6) is 5.75 Å². The minimum absolute atomic E-state index is 0.249. The van der Waals surface area contributed by atoms with Crippen LogP contribution in [-0.2, 0) is 9.59 Å². The molecule has 1 aromatic heterocycles. The highest BCUT2D eigenvalue weighted by Crippen LogP contribution is 2.33. The van der Waals surface area contributed by atoms with Crippen LogP contribution in [0, 0.1) is 0 Å². The molecule has 1 saturated heterocycles. The summed E-state index contributed by atoms with van der Waals surface area (Å²) in [7, 11) is 0. The molecule has 30 heavy (non-hydrogen) atoms. The lowest BCUT2D eigenvalue weighted by Crippen LogP contribution is -2.49. The Kier molecular flexibility index (Phi) is 5.83. The third-order valence-corrected chi connectivity index (χ3v) is 5.75. The first kappa shape index (κ1) is 20.1. The number of carbonyl (C=O) groups excluding carboxylic acids is 3. The van der Waals surface area contributed by atoms with E-state index in [4.69, 9.17) is 4.74 Å². The van der Waals surface area contributed by atoms with Crippen LogP contribution in [0.2, 0.25) is 0 Å². The monoisotopic (exact) mass is 410 g/mol. The number of hydrogen-bond donors (Lipinski definition) is 2. The van der Waals surface area contributed by atoms with Crippen molar-refractivity contribution in [2.24, 2.45) is 0 Å². The molecule has 2 heterocycles. The topological polar surface area (TPSA) is 101 Å². The molecule has 1 aliphatic heterocycles. The van der Waals surface area contributed by atoms with E-state index in [-0.39, 0.29) is 18.4 Å². The van der Waals surface area contributed by atoms with Crippen LogP contribution in [0.15, 0.2) is 36.5 Å². The second-order valence-electron chi connectivity index (χ2n) is 7.85. The molecule has 0 radical (unpaired) electrons. The molecule has 0 atom stereocenters. The lowest BCUT2D eigenvalue weighted by molar-refractivity contribution is -0.135. The Balaban J connectivity index is 1.22.